The maximum Gasteiger partial charge on any atom is 0.136 e. The van der Waals surface area contributed by atoms with Gasteiger partial charge < -0.3 is 0 Å². The van der Waals surface area contributed by atoms with Crippen LogP contribution in [0.15, 0.2) is 30.3 Å². The second-order valence-corrected chi connectivity index (χ2v) is 5.68. The predicted octanol–water partition coefficient (Wildman–Crippen LogP) is 3.94. The molecule has 2 aliphatic carbocycles. The minimum atomic E-state index is 0.345. The molecule has 3 rings (SSSR count). The number of Topliss-reactive ketones (excluding diaryl/α,β-unsaturated/α-hetero) is 1. The molecule has 2 unspecified atom stereocenters. The fraction of sp³-hybridized carbons (Fsp3) is 0.562. The van der Waals surface area contributed by atoms with Crippen molar-refractivity contribution in [1.29, 1.82) is 0 Å². The summed E-state index contributed by atoms with van der Waals surface area (Å²) in [6.45, 7) is 0. The van der Waals surface area contributed by atoms with Gasteiger partial charge in [0.25, 0.3) is 0 Å². The van der Waals surface area contributed by atoms with E-state index in [4.69, 9.17) is 0 Å². The van der Waals surface area contributed by atoms with Crippen LogP contribution in [0.5, 0.6) is 0 Å². The minimum Gasteiger partial charge on any atom is -0.299 e. The van der Waals surface area contributed by atoms with E-state index in [0.29, 0.717) is 23.5 Å². The number of benzene rings is 1. The molecule has 1 aromatic rings. The molecule has 0 aromatic heterocycles. The molecule has 0 saturated heterocycles. The Labute approximate surface area is 103 Å². The summed E-state index contributed by atoms with van der Waals surface area (Å²) in [7, 11) is 0. The summed E-state index contributed by atoms with van der Waals surface area (Å²) in [5.74, 6) is 2.12. The number of rotatable bonds is 4. The summed E-state index contributed by atoms with van der Waals surface area (Å²) >= 11 is 0. The van der Waals surface area contributed by atoms with Crippen molar-refractivity contribution in [2.24, 2.45) is 11.8 Å². The molecule has 0 N–H and O–H groups in total. The molecule has 2 fully saturated rings. The molecule has 2 aliphatic rings. The molecule has 0 aliphatic heterocycles. The van der Waals surface area contributed by atoms with Gasteiger partial charge in [0.05, 0.1) is 0 Å². The third-order valence-electron chi connectivity index (χ3n) is 4.40. The van der Waals surface area contributed by atoms with E-state index < -0.39 is 0 Å². The van der Waals surface area contributed by atoms with Crippen LogP contribution in [0.3, 0.4) is 0 Å². The second-order valence-electron chi connectivity index (χ2n) is 5.68. The Hall–Kier alpha value is -1.11. The van der Waals surface area contributed by atoms with Crippen molar-refractivity contribution >= 4 is 5.78 Å². The number of hydrogen-bond acceptors (Lipinski definition) is 1. The van der Waals surface area contributed by atoms with Crippen LogP contribution in [-0.2, 0) is 4.79 Å². The van der Waals surface area contributed by atoms with Crippen molar-refractivity contribution in [1.82, 2.24) is 0 Å². The van der Waals surface area contributed by atoms with Gasteiger partial charge in [-0.2, -0.15) is 0 Å². The molecule has 2 atom stereocenters. The van der Waals surface area contributed by atoms with Crippen LogP contribution in [0.1, 0.15) is 50.0 Å². The number of ketones is 1. The number of hydrogen-bond donors (Lipinski definition) is 0. The van der Waals surface area contributed by atoms with E-state index >= 15 is 0 Å². The number of carbonyl (C=O) groups is 1. The molecule has 1 nitrogen and oxygen atoms in total. The summed E-state index contributed by atoms with van der Waals surface area (Å²) in [5, 5.41) is 0. The first-order valence-electron chi connectivity index (χ1n) is 6.92. The molecule has 0 bridgehead atoms. The Balaban J connectivity index is 1.55. The highest BCUT2D eigenvalue weighted by Crippen LogP contribution is 2.49. The largest absolute Gasteiger partial charge is 0.299 e. The first-order valence-corrected chi connectivity index (χ1v) is 6.92. The van der Waals surface area contributed by atoms with Gasteiger partial charge in [-0.05, 0) is 23.8 Å². The van der Waals surface area contributed by atoms with E-state index in [1.165, 1.54) is 31.2 Å². The topological polar surface area (TPSA) is 17.1 Å². The second kappa shape index (κ2) is 4.64. The van der Waals surface area contributed by atoms with E-state index in [1.807, 2.05) is 6.07 Å². The van der Waals surface area contributed by atoms with Crippen LogP contribution in [0.25, 0.3) is 0 Å². The van der Waals surface area contributed by atoms with Gasteiger partial charge in [0.2, 0.25) is 0 Å². The fourth-order valence-electron chi connectivity index (χ4n) is 3.27. The van der Waals surface area contributed by atoms with E-state index in [0.717, 1.165) is 12.8 Å². The van der Waals surface area contributed by atoms with Crippen molar-refractivity contribution in [3.63, 3.8) is 0 Å². The summed E-state index contributed by atoms with van der Waals surface area (Å²) in [6, 6.07) is 10.5. The van der Waals surface area contributed by atoms with Crippen molar-refractivity contribution in [2.75, 3.05) is 0 Å². The highest BCUT2D eigenvalue weighted by molar-refractivity contribution is 5.85. The van der Waals surface area contributed by atoms with Gasteiger partial charge in [0, 0.05) is 12.3 Å². The molecule has 0 heterocycles. The van der Waals surface area contributed by atoms with Crippen LogP contribution in [-0.4, -0.2) is 5.78 Å². The molecule has 1 heteroatoms. The lowest BCUT2D eigenvalue weighted by Crippen LogP contribution is -2.08. The maximum atomic E-state index is 12.1. The lowest BCUT2D eigenvalue weighted by Gasteiger charge is -2.07. The van der Waals surface area contributed by atoms with Gasteiger partial charge in [-0.1, -0.05) is 56.0 Å². The summed E-state index contributed by atoms with van der Waals surface area (Å²) in [5.41, 5.74) is 1.36. The minimum absolute atomic E-state index is 0.345. The smallest absolute Gasteiger partial charge is 0.136 e. The quantitative estimate of drug-likeness (QED) is 0.763. The highest BCUT2D eigenvalue weighted by Gasteiger charge is 2.43. The Bertz CT molecular complexity index is 389. The molecular weight excluding hydrogens is 208 g/mol. The molecular formula is C16H20O. The van der Waals surface area contributed by atoms with Crippen molar-refractivity contribution in [2.45, 2.75) is 44.4 Å². The standard InChI is InChI=1S/C16H20O/c17-16(10-12-6-4-5-7-12)15-11-14(15)13-8-2-1-3-9-13/h1-3,8-9,12,14-15H,4-7,10-11H2. The zero-order chi connectivity index (χ0) is 11.7. The highest BCUT2D eigenvalue weighted by atomic mass is 16.1. The molecule has 0 amide bonds. The third-order valence-corrected chi connectivity index (χ3v) is 4.40. The van der Waals surface area contributed by atoms with Gasteiger partial charge in [0.1, 0.15) is 5.78 Å². The summed E-state index contributed by atoms with van der Waals surface area (Å²) in [6.07, 6.45) is 7.20. The Morgan fingerprint density at radius 1 is 1.12 bits per heavy atom. The normalized spacial score (nSPS) is 28.2. The monoisotopic (exact) mass is 228 g/mol. The molecule has 17 heavy (non-hydrogen) atoms. The molecule has 90 valence electrons. The van der Waals surface area contributed by atoms with Crippen molar-refractivity contribution in [3.8, 4) is 0 Å². The van der Waals surface area contributed by atoms with E-state index in [9.17, 15) is 4.79 Å². The fourth-order valence-corrected chi connectivity index (χ4v) is 3.27. The maximum absolute atomic E-state index is 12.1. The lowest BCUT2D eigenvalue weighted by atomic mass is 9.97. The van der Waals surface area contributed by atoms with E-state index in [-0.39, 0.29) is 0 Å². The summed E-state index contributed by atoms with van der Waals surface area (Å²) < 4.78 is 0. The first-order chi connectivity index (χ1) is 8.34. The van der Waals surface area contributed by atoms with Gasteiger partial charge in [-0.3, -0.25) is 4.79 Å². The van der Waals surface area contributed by atoms with Crippen LogP contribution >= 0.6 is 0 Å². The molecule has 1 aromatic carbocycles. The SMILES string of the molecule is O=C(CC1CCCC1)C1CC1c1ccccc1. The molecule has 2 saturated carbocycles. The van der Waals surface area contributed by atoms with Crippen LogP contribution < -0.4 is 0 Å². The van der Waals surface area contributed by atoms with Gasteiger partial charge in [-0.25, -0.2) is 0 Å². The predicted molar refractivity (Wildman–Crippen MR) is 68.9 cm³/mol. The Morgan fingerprint density at radius 2 is 1.82 bits per heavy atom. The average Bonchev–Trinajstić information content (AvgIpc) is 3.02. The Morgan fingerprint density at radius 3 is 2.53 bits per heavy atom. The first kappa shape index (κ1) is 11.0. The number of carbonyl (C=O) groups excluding carboxylic acids is 1. The Kier molecular flexibility index (Phi) is 3.00. The lowest BCUT2D eigenvalue weighted by molar-refractivity contribution is -0.121. The molecule has 0 spiro atoms. The van der Waals surface area contributed by atoms with Crippen molar-refractivity contribution < 1.29 is 4.79 Å². The van der Waals surface area contributed by atoms with Crippen LogP contribution in [0.2, 0.25) is 0 Å². The van der Waals surface area contributed by atoms with Crippen LogP contribution in [0.4, 0.5) is 0 Å². The average molecular weight is 228 g/mol. The van der Waals surface area contributed by atoms with Crippen LogP contribution in [0, 0.1) is 11.8 Å². The van der Waals surface area contributed by atoms with Crippen molar-refractivity contribution in [3.05, 3.63) is 35.9 Å². The zero-order valence-corrected chi connectivity index (χ0v) is 10.3. The van der Waals surface area contributed by atoms with Gasteiger partial charge in [0.15, 0.2) is 0 Å². The van der Waals surface area contributed by atoms with Gasteiger partial charge in [-0.15, -0.1) is 0 Å². The molecule has 0 radical (unpaired) electrons. The zero-order valence-electron chi connectivity index (χ0n) is 10.3. The van der Waals surface area contributed by atoms with E-state index in [1.54, 1.807) is 0 Å². The van der Waals surface area contributed by atoms with E-state index in [2.05, 4.69) is 24.3 Å². The third kappa shape index (κ3) is 2.43. The summed E-state index contributed by atoms with van der Waals surface area (Å²) in [4.78, 5) is 12.1. The van der Waals surface area contributed by atoms with Gasteiger partial charge >= 0.3 is 0 Å².